The highest BCUT2D eigenvalue weighted by molar-refractivity contribution is 5.88. The summed E-state index contributed by atoms with van der Waals surface area (Å²) >= 11 is 0. The minimum absolute atomic E-state index is 0.0619. The van der Waals surface area contributed by atoms with E-state index in [0.717, 1.165) is 17.6 Å². The molecule has 0 radical (unpaired) electrons. The predicted octanol–water partition coefficient (Wildman–Crippen LogP) is 3.07. The van der Waals surface area contributed by atoms with E-state index in [2.05, 4.69) is 16.7 Å². The van der Waals surface area contributed by atoms with Gasteiger partial charge in [0.2, 0.25) is 5.91 Å². The number of likely N-dealkylation sites (N-methyl/N-ethyl adjacent to an activating group) is 1. The first-order valence-corrected chi connectivity index (χ1v) is 9.44. The Morgan fingerprint density at radius 3 is 2.44 bits per heavy atom. The number of para-hydroxylation sites is 1. The number of hydrogen-bond donors (Lipinski definition) is 0. The van der Waals surface area contributed by atoms with Crippen LogP contribution in [0.15, 0.2) is 24.3 Å². The van der Waals surface area contributed by atoms with Crippen LogP contribution in [0, 0.1) is 0 Å². The van der Waals surface area contributed by atoms with Gasteiger partial charge in [0.1, 0.15) is 12.1 Å². The lowest BCUT2D eigenvalue weighted by molar-refractivity contribution is -0.129. The Morgan fingerprint density at radius 2 is 1.78 bits per heavy atom. The van der Waals surface area contributed by atoms with E-state index >= 15 is 0 Å². The smallest absolute Gasteiger partial charge is 0.410 e. The second kappa shape index (κ2) is 7.25. The molecule has 27 heavy (non-hydrogen) atoms. The van der Waals surface area contributed by atoms with E-state index < -0.39 is 5.60 Å². The highest BCUT2D eigenvalue weighted by Crippen LogP contribution is 2.29. The van der Waals surface area contributed by atoms with Crippen LogP contribution in [0.3, 0.4) is 0 Å². The topological polar surface area (TPSA) is 54.8 Å². The number of carbonyl (C=O) groups is 2. The maximum absolute atomic E-state index is 12.5. The van der Waals surface area contributed by atoms with Gasteiger partial charge < -0.3 is 19.1 Å². The van der Waals surface area contributed by atoms with Gasteiger partial charge in [-0.2, -0.15) is 0 Å². The molecule has 2 aromatic rings. The highest BCUT2D eigenvalue weighted by atomic mass is 16.6. The van der Waals surface area contributed by atoms with Crippen molar-refractivity contribution in [3.05, 3.63) is 35.5 Å². The first-order valence-electron chi connectivity index (χ1n) is 9.44. The van der Waals surface area contributed by atoms with Crippen LogP contribution in [0.4, 0.5) is 4.79 Å². The lowest BCUT2D eigenvalue weighted by Gasteiger charge is -2.26. The van der Waals surface area contributed by atoms with Crippen LogP contribution in [0.25, 0.3) is 10.9 Å². The molecular weight excluding hydrogens is 342 g/mol. The minimum atomic E-state index is -0.504. The Bertz CT molecular complexity index is 861. The zero-order valence-corrected chi connectivity index (χ0v) is 16.9. The SMILES string of the molecule is CN(C)C(=O)Cn1c2c(c3ccccc31)CCN(C(=O)OC(C)(C)C)CC2. The summed E-state index contributed by atoms with van der Waals surface area (Å²) in [5.74, 6) is 0.0619. The Balaban J connectivity index is 1.92. The average Bonchev–Trinajstić information content (AvgIpc) is 2.73. The molecule has 0 saturated heterocycles. The van der Waals surface area contributed by atoms with Gasteiger partial charge >= 0.3 is 6.09 Å². The van der Waals surface area contributed by atoms with Crippen molar-refractivity contribution in [2.24, 2.45) is 0 Å². The standard InChI is InChI=1S/C21H29N3O3/c1-21(2,3)27-20(26)23-12-10-16-15-8-6-7-9-17(15)24(18(16)11-13-23)14-19(25)22(4)5/h6-9H,10-14H2,1-5H3. The molecule has 6 heteroatoms. The third-order valence-electron chi connectivity index (χ3n) is 4.89. The molecule has 1 aliphatic heterocycles. The molecule has 0 atom stereocenters. The Hall–Kier alpha value is -2.50. The number of hydrogen-bond acceptors (Lipinski definition) is 3. The van der Waals surface area contributed by atoms with Crippen LogP contribution < -0.4 is 0 Å². The number of rotatable bonds is 2. The summed E-state index contributed by atoms with van der Waals surface area (Å²) in [6.45, 7) is 7.17. The number of ether oxygens (including phenoxy) is 1. The molecule has 146 valence electrons. The van der Waals surface area contributed by atoms with E-state index in [1.54, 1.807) is 23.9 Å². The van der Waals surface area contributed by atoms with Crippen LogP contribution in [0.5, 0.6) is 0 Å². The molecular formula is C21H29N3O3. The fourth-order valence-electron chi connectivity index (χ4n) is 3.56. The molecule has 6 nitrogen and oxygen atoms in total. The second-order valence-electron chi connectivity index (χ2n) is 8.28. The van der Waals surface area contributed by atoms with Crippen molar-refractivity contribution in [1.29, 1.82) is 0 Å². The number of benzene rings is 1. The van der Waals surface area contributed by atoms with Crippen molar-refractivity contribution in [2.75, 3.05) is 27.2 Å². The van der Waals surface area contributed by atoms with Crippen molar-refractivity contribution in [3.8, 4) is 0 Å². The molecule has 0 saturated carbocycles. The number of fused-ring (bicyclic) bond motifs is 3. The highest BCUT2D eigenvalue weighted by Gasteiger charge is 2.27. The summed E-state index contributed by atoms with van der Waals surface area (Å²) in [4.78, 5) is 28.3. The summed E-state index contributed by atoms with van der Waals surface area (Å²) in [5, 5.41) is 1.17. The first-order chi connectivity index (χ1) is 12.7. The van der Waals surface area contributed by atoms with E-state index in [1.165, 1.54) is 10.9 Å². The number of carbonyl (C=O) groups excluding carboxylic acids is 2. The van der Waals surface area contributed by atoms with Gasteiger partial charge in [0.25, 0.3) is 0 Å². The summed E-state index contributed by atoms with van der Waals surface area (Å²) in [6, 6.07) is 8.20. The molecule has 0 unspecified atom stereocenters. The molecule has 1 aromatic carbocycles. The van der Waals surface area contributed by atoms with Gasteiger partial charge in [-0.25, -0.2) is 4.79 Å². The molecule has 0 bridgehead atoms. The van der Waals surface area contributed by atoms with Gasteiger partial charge in [0, 0.05) is 50.2 Å². The van der Waals surface area contributed by atoms with Crippen molar-refractivity contribution in [3.63, 3.8) is 0 Å². The molecule has 1 aromatic heterocycles. The van der Waals surface area contributed by atoms with Crippen molar-refractivity contribution < 1.29 is 14.3 Å². The quantitative estimate of drug-likeness (QED) is 0.815. The van der Waals surface area contributed by atoms with Gasteiger partial charge in [-0.05, 0) is 38.8 Å². The monoisotopic (exact) mass is 371 g/mol. The zero-order valence-electron chi connectivity index (χ0n) is 16.9. The third-order valence-corrected chi connectivity index (χ3v) is 4.89. The molecule has 2 heterocycles. The summed E-state index contributed by atoms with van der Waals surface area (Å²) in [7, 11) is 3.55. The van der Waals surface area contributed by atoms with E-state index in [-0.39, 0.29) is 12.0 Å². The van der Waals surface area contributed by atoms with Gasteiger partial charge in [-0.1, -0.05) is 18.2 Å². The number of aromatic nitrogens is 1. The third kappa shape index (κ3) is 4.10. The summed E-state index contributed by atoms with van der Waals surface area (Å²) in [5.41, 5.74) is 2.97. The molecule has 0 aliphatic carbocycles. The molecule has 0 N–H and O–H groups in total. The normalized spacial score (nSPS) is 14.6. The van der Waals surface area contributed by atoms with E-state index in [0.29, 0.717) is 26.1 Å². The number of nitrogens with zero attached hydrogens (tertiary/aromatic N) is 3. The van der Waals surface area contributed by atoms with Crippen LogP contribution in [0.2, 0.25) is 0 Å². The summed E-state index contributed by atoms with van der Waals surface area (Å²) in [6.07, 6.45) is 1.20. The maximum atomic E-state index is 12.5. The first kappa shape index (κ1) is 19.3. The van der Waals surface area contributed by atoms with Crippen LogP contribution >= 0.6 is 0 Å². The predicted molar refractivity (Wildman–Crippen MR) is 106 cm³/mol. The van der Waals surface area contributed by atoms with E-state index in [4.69, 9.17) is 4.74 Å². The van der Waals surface area contributed by atoms with Crippen molar-refractivity contribution in [1.82, 2.24) is 14.4 Å². The zero-order chi connectivity index (χ0) is 19.8. The van der Waals surface area contributed by atoms with E-state index in [9.17, 15) is 9.59 Å². The van der Waals surface area contributed by atoms with Crippen molar-refractivity contribution >= 4 is 22.9 Å². The largest absolute Gasteiger partial charge is 0.444 e. The minimum Gasteiger partial charge on any atom is -0.444 e. The van der Waals surface area contributed by atoms with Crippen LogP contribution in [-0.2, 0) is 28.9 Å². The molecule has 1 aliphatic rings. The maximum Gasteiger partial charge on any atom is 0.410 e. The van der Waals surface area contributed by atoms with Gasteiger partial charge in [-0.3, -0.25) is 4.79 Å². The van der Waals surface area contributed by atoms with Gasteiger partial charge in [-0.15, -0.1) is 0 Å². The fourth-order valence-corrected chi connectivity index (χ4v) is 3.56. The fraction of sp³-hybridized carbons (Fsp3) is 0.524. The Morgan fingerprint density at radius 1 is 1.11 bits per heavy atom. The molecule has 0 spiro atoms. The van der Waals surface area contributed by atoms with Crippen LogP contribution in [0.1, 0.15) is 32.0 Å². The molecule has 0 fully saturated rings. The summed E-state index contributed by atoms with van der Waals surface area (Å²) < 4.78 is 7.66. The van der Waals surface area contributed by atoms with Crippen LogP contribution in [-0.4, -0.2) is 59.2 Å². The van der Waals surface area contributed by atoms with E-state index in [1.807, 2.05) is 32.9 Å². The van der Waals surface area contributed by atoms with Gasteiger partial charge in [0.15, 0.2) is 0 Å². The van der Waals surface area contributed by atoms with Gasteiger partial charge in [0.05, 0.1) is 0 Å². The lowest BCUT2D eigenvalue weighted by atomic mass is 10.1. The molecule has 3 rings (SSSR count). The molecule has 2 amide bonds. The Labute approximate surface area is 160 Å². The second-order valence-corrected chi connectivity index (χ2v) is 8.28. The lowest BCUT2D eigenvalue weighted by Crippen LogP contribution is -2.38. The Kier molecular flexibility index (Phi) is 5.18. The van der Waals surface area contributed by atoms with Crippen molar-refractivity contribution in [2.45, 2.75) is 45.8 Å². The average molecular weight is 371 g/mol. The number of amides is 2.